The van der Waals surface area contributed by atoms with Gasteiger partial charge in [0.05, 0.1) is 29.0 Å². The highest BCUT2D eigenvalue weighted by atomic mass is 32.2. The van der Waals surface area contributed by atoms with Crippen LogP contribution in [0, 0.1) is 29.6 Å². The van der Waals surface area contributed by atoms with Gasteiger partial charge in [0.2, 0.25) is 17.7 Å². The number of imide groups is 1. The van der Waals surface area contributed by atoms with E-state index in [4.69, 9.17) is 4.74 Å². The number of ether oxygens (including phenoxy) is 1. The maximum atomic E-state index is 13.5. The molecule has 2 saturated carbocycles. The van der Waals surface area contributed by atoms with E-state index < -0.39 is 23.7 Å². The smallest absolute Gasteiger partial charge is 0.338 e. The van der Waals surface area contributed by atoms with E-state index in [1.807, 2.05) is 0 Å². The summed E-state index contributed by atoms with van der Waals surface area (Å²) in [6, 6.07) is 6.27. The minimum Gasteiger partial charge on any atom is -0.462 e. The molecule has 3 fully saturated rings. The number of thioether (sulfide) groups is 1. The van der Waals surface area contributed by atoms with Crippen molar-refractivity contribution in [2.45, 2.75) is 42.9 Å². The number of aromatic amines is 1. The lowest BCUT2D eigenvalue weighted by atomic mass is 9.64. The fraction of sp³-hybridized carbons (Fsp3) is 0.500. The molecule has 3 heterocycles. The fourth-order valence-electron chi connectivity index (χ4n) is 7.12. The molecule has 2 aromatic rings. The maximum absolute atomic E-state index is 13.5. The van der Waals surface area contributed by atoms with Gasteiger partial charge in [-0.15, -0.1) is 11.8 Å². The Bertz CT molecular complexity index is 1380. The van der Waals surface area contributed by atoms with Gasteiger partial charge in [0, 0.05) is 21.2 Å². The van der Waals surface area contributed by atoms with Crippen molar-refractivity contribution < 1.29 is 23.9 Å². The normalized spacial score (nSPS) is 30.6. The van der Waals surface area contributed by atoms with Crippen molar-refractivity contribution in [3.05, 3.63) is 44.4 Å². The Balaban J connectivity index is 1.18. The van der Waals surface area contributed by atoms with Crippen LogP contribution in [0.4, 0.5) is 5.69 Å². The average molecular weight is 542 g/mol. The quantitative estimate of drug-likeness (QED) is 0.440. The number of hydrogen-bond acceptors (Lipinski definition) is 8. The zero-order valence-corrected chi connectivity index (χ0v) is 22.2. The largest absolute Gasteiger partial charge is 0.462 e. The number of esters is 1. The molecule has 2 aliphatic heterocycles. The predicted octanol–water partition coefficient (Wildman–Crippen LogP) is 2.87. The first kappa shape index (κ1) is 24.4. The number of anilines is 1. The lowest BCUT2D eigenvalue weighted by Gasteiger charge is -2.47. The third kappa shape index (κ3) is 3.61. The van der Waals surface area contributed by atoms with Crippen LogP contribution in [0.1, 0.15) is 42.4 Å². The lowest BCUT2D eigenvalue weighted by Crippen LogP contribution is -2.48. The van der Waals surface area contributed by atoms with Crippen LogP contribution in [0.3, 0.4) is 0 Å². The second kappa shape index (κ2) is 8.56. The molecule has 4 aliphatic rings. The summed E-state index contributed by atoms with van der Waals surface area (Å²) in [5, 5.41) is 3.77. The van der Waals surface area contributed by atoms with Crippen LogP contribution in [0.15, 0.2) is 34.1 Å². The zero-order chi connectivity index (χ0) is 26.2. The Labute approximate surface area is 221 Å². The molecule has 0 radical (unpaired) electrons. The zero-order valence-electron chi connectivity index (χ0n) is 20.6. The first-order chi connectivity index (χ1) is 17.6. The van der Waals surface area contributed by atoms with Crippen molar-refractivity contribution in [3.8, 4) is 0 Å². The maximum Gasteiger partial charge on any atom is 0.338 e. The van der Waals surface area contributed by atoms with Crippen molar-refractivity contribution in [1.29, 1.82) is 0 Å². The SMILES string of the molecule is CCOC(=O)c1ccc(NC(=O)CN2C(=O)[C@@H]3[C@H]4C[C@@H]([C@@H]3C2=O)[C@H]2[C@@H]4Sc3[nH]c(=O)sc3C2(C)C)cc1. The first-order valence-corrected chi connectivity index (χ1v) is 14.1. The van der Waals surface area contributed by atoms with Crippen LogP contribution in [0.25, 0.3) is 0 Å². The molecule has 2 bridgehead atoms. The number of likely N-dealkylation sites (tertiary alicyclic amines) is 1. The molecule has 2 aliphatic carbocycles. The topological polar surface area (TPSA) is 126 Å². The van der Waals surface area contributed by atoms with Crippen LogP contribution in [0.2, 0.25) is 0 Å². The Kier molecular flexibility index (Phi) is 5.65. The second-order valence-electron chi connectivity index (χ2n) is 10.7. The molecule has 1 saturated heterocycles. The fourth-order valence-corrected chi connectivity index (χ4v) is 10.3. The summed E-state index contributed by atoms with van der Waals surface area (Å²) in [5.74, 6) is -1.99. The van der Waals surface area contributed by atoms with Gasteiger partial charge in [-0.05, 0) is 55.4 Å². The number of H-pyrrole nitrogens is 1. The molecule has 1 aromatic carbocycles. The van der Waals surface area contributed by atoms with E-state index in [1.54, 1.807) is 43.0 Å². The summed E-state index contributed by atoms with van der Waals surface area (Å²) in [4.78, 5) is 68.7. The predicted molar refractivity (Wildman–Crippen MR) is 137 cm³/mol. The van der Waals surface area contributed by atoms with E-state index >= 15 is 0 Å². The molecule has 0 spiro atoms. The van der Waals surface area contributed by atoms with Gasteiger partial charge in [-0.2, -0.15) is 0 Å². The van der Waals surface area contributed by atoms with Gasteiger partial charge in [-0.25, -0.2) is 4.79 Å². The van der Waals surface area contributed by atoms with Crippen molar-refractivity contribution >= 4 is 52.5 Å². The molecule has 194 valence electrons. The standard InChI is InChI=1S/C26H27N3O6S2/c1-4-35-24(33)11-5-7-12(8-6-11)27-15(30)10-29-22(31)16-13-9-14(17(16)23(29)32)19-18(13)26(2,3)20-21(36-19)28-25(34)37-20/h5-8,13-14,16-19H,4,9-10H2,1-3H3,(H,27,30)(H,28,34)/t13-,14+,16-,17+,18-,19+/m0/s1. The molecule has 1 aromatic heterocycles. The molecule has 2 N–H and O–H groups in total. The number of nitrogens with one attached hydrogen (secondary N) is 2. The van der Waals surface area contributed by atoms with Crippen LogP contribution in [-0.4, -0.2) is 52.0 Å². The summed E-state index contributed by atoms with van der Waals surface area (Å²) in [6.45, 7) is 5.94. The molecule has 9 nitrogen and oxygen atoms in total. The summed E-state index contributed by atoms with van der Waals surface area (Å²) in [6.07, 6.45) is 0.824. The number of aromatic nitrogens is 1. The van der Waals surface area contributed by atoms with Crippen LogP contribution in [0.5, 0.6) is 0 Å². The monoisotopic (exact) mass is 541 g/mol. The van der Waals surface area contributed by atoms with Crippen LogP contribution in [-0.2, 0) is 24.5 Å². The number of fused-ring (bicyclic) bond motifs is 9. The first-order valence-electron chi connectivity index (χ1n) is 12.4. The average Bonchev–Trinajstić information content (AvgIpc) is 3.58. The van der Waals surface area contributed by atoms with Crippen molar-refractivity contribution in [3.63, 3.8) is 0 Å². The molecule has 6 rings (SSSR count). The van der Waals surface area contributed by atoms with Gasteiger partial charge in [-0.1, -0.05) is 25.2 Å². The third-order valence-corrected chi connectivity index (χ3v) is 11.3. The third-order valence-electron chi connectivity index (χ3n) is 8.46. The van der Waals surface area contributed by atoms with Crippen molar-refractivity contribution in [2.75, 3.05) is 18.5 Å². The van der Waals surface area contributed by atoms with Crippen molar-refractivity contribution in [1.82, 2.24) is 9.88 Å². The molecule has 11 heteroatoms. The van der Waals surface area contributed by atoms with Gasteiger partial charge >= 0.3 is 10.8 Å². The summed E-state index contributed by atoms with van der Waals surface area (Å²) >= 11 is 2.89. The van der Waals surface area contributed by atoms with Crippen molar-refractivity contribution in [2.24, 2.45) is 29.6 Å². The number of carbonyl (C=O) groups is 4. The second-order valence-corrected chi connectivity index (χ2v) is 12.9. The Morgan fingerprint density at radius 3 is 2.46 bits per heavy atom. The lowest BCUT2D eigenvalue weighted by molar-refractivity contribution is -0.143. The minimum atomic E-state index is -0.468. The molecule has 0 unspecified atom stereocenters. The van der Waals surface area contributed by atoms with Crippen LogP contribution >= 0.6 is 23.1 Å². The van der Waals surface area contributed by atoms with Gasteiger partial charge in [-0.3, -0.25) is 24.1 Å². The van der Waals surface area contributed by atoms with Crippen LogP contribution < -0.4 is 10.2 Å². The highest BCUT2D eigenvalue weighted by molar-refractivity contribution is 8.00. The number of rotatable bonds is 5. The van der Waals surface area contributed by atoms with E-state index in [2.05, 4.69) is 24.1 Å². The van der Waals surface area contributed by atoms with Gasteiger partial charge in [0.25, 0.3) is 0 Å². The number of benzene rings is 1. The Morgan fingerprint density at radius 1 is 1.11 bits per heavy atom. The van der Waals surface area contributed by atoms with E-state index in [9.17, 15) is 24.0 Å². The Hall–Kier alpha value is -2.92. The molecule has 6 atom stereocenters. The molecule has 37 heavy (non-hydrogen) atoms. The van der Waals surface area contributed by atoms with Gasteiger partial charge in [0.1, 0.15) is 6.54 Å². The van der Waals surface area contributed by atoms with E-state index in [1.165, 1.54) is 11.3 Å². The number of thiazole rings is 1. The molecular weight excluding hydrogens is 514 g/mol. The number of hydrogen-bond donors (Lipinski definition) is 2. The number of nitrogens with zero attached hydrogens (tertiary/aromatic N) is 1. The number of amides is 3. The summed E-state index contributed by atoms with van der Waals surface area (Å²) in [7, 11) is 0. The van der Waals surface area contributed by atoms with Gasteiger partial charge < -0.3 is 15.0 Å². The summed E-state index contributed by atoms with van der Waals surface area (Å²) in [5.41, 5.74) is 0.555. The van der Waals surface area contributed by atoms with E-state index in [0.29, 0.717) is 11.3 Å². The highest BCUT2D eigenvalue weighted by Crippen LogP contribution is 2.68. The minimum absolute atomic E-state index is 0.0424. The molecular formula is C26H27N3O6S2. The van der Waals surface area contributed by atoms with E-state index in [-0.39, 0.29) is 58.3 Å². The van der Waals surface area contributed by atoms with E-state index in [0.717, 1.165) is 21.2 Å². The Morgan fingerprint density at radius 2 is 1.78 bits per heavy atom. The molecule has 3 amide bonds. The highest BCUT2D eigenvalue weighted by Gasteiger charge is 2.70. The van der Waals surface area contributed by atoms with Gasteiger partial charge in [0.15, 0.2) is 0 Å². The summed E-state index contributed by atoms with van der Waals surface area (Å²) < 4.78 is 4.96. The number of carbonyl (C=O) groups excluding carboxylic acids is 4.